The molecule has 4 aromatic rings. The molecular formula is C89H132AlBrFLiN2O5. The minimum Gasteiger partial charge on any atom is -1.00 e. The normalized spacial score (nSPS) is 19.1. The maximum Gasteiger partial charge on any atom is 1.00 e. The van der Waals surface area contributed by atoms with Gasteiger partial charge in [0.25, 0.3) is 0 Å². The van der Waals surface area contributed by atoms with Gasteiger partial charge in [-0.2, -0.15) is 5.26 Å². The number of allylic oxidation sites excluding steroid dienone is 12. The van der Waals surface area contributed by atoms with Crippen molar-refractivity contribution >= 4 is 63.9 Å². The molecule has 2 heterocycles. The number of benzene rings is 4. The van der Waals surface area contributed by atoms with Gasteiger partial charge in [0.1, 0.15) is 6.29 Å². The number of aldehydes is 1. The van der Waals surface area contributed by atoms with Gasteiger partial charge in [0.05, 0.1) is 32.2 Å². The van der Waals surface area contributed by atoms with Crippen LogP contribution in [0.1, 0.15) is 280 Å². The van der Waals surface area contributed by atoms with Gasteiger partial charge in [0.2, 0.25) is 0 Å². The fourth-order valence-corrected chi connectivity index (χ4v) is 14.2. The summed E-state index contributed by atoms with van der Waals surface area (Å²) in [6.45, 7) is 39.6. The van der Waals surface area contributed by atoms with E-state index >= 15 is 0 Å². The summed E-state index contributed by atoms with van der Waals surface area (Å²) in [5.74, 6) is 0. The van der Waals surface area contributed by atoms with E-state index in [1.807, 2.05) is 74.5 Å². The molecule has 0 saturated carbocycles. The van der Waals surface area contributed by atoms with E-state index in [-0.39, 0.29) is 66.7 Å². The summed E-state index contributed by atoms with van der Waals surface area (Å²) in [6, 6.07) is 34.4. The molecule has 6 aliphatic rings. The van der Waals surface area contributed by atoms with Crippen LogP contribution in [-0.2, 0) is 9.47 Å². The maximum absolute atomic E-state index is 10.8. The van der Waals surface area contributed by atoms with Gasteiger partial charge in [0, 0.05) is 48.4 Å². The van der Waals surface area contributed by atoms with Gasteiger partial charge in [-0.05, 0) is 252 Å². The molecular weight excluding hydrogens is 1310 g/mol. The van der Waals surface area contributed by atoms with Crippen LogP contribution in [0.25, 0.3) is 24.3 Å². The van der Waals surface area contributed by atoms with Crippen molar-refractivity contribution in [1.29, 1.82) is 5.26 Å². The average Bonchev–Trinajstić information content (AvgIpc) is 1.01. The summed E-state index contributed by atoms with van der Waals surface area (Å²) in [6.07, 6.45) is 37.4. The molecule has 2 aliphatic heterocycles. The molecule has 2 atom stereocenters. The van der Waals surface area contributed by atoms with Crippen LogP contribution in [0.5, 0.6) is 0 Å². The number of nitrogens with two attached hydrogens (primary N) is 1. The van der Waals surface area contributed by atoms with Crippen LogP contribution in [0.15, 0.2) is 170 Å². The molecule has 4 aromatic carbocycles. The number of aliphatic hydroxyl groups is 2. The number of nitriles is 1. The summed E-state index contributed by atoms with van der Waals surface area (Å²) in [7, 11) is -1.00. The summed E-state index contributed by atoms with van der Waals surface area (Å²) in [4.78, 5) is 10.8. The van der Waals surface area contributed by atoms with Crippen molar-refractivity contribution in [1.82, 2.24) is 0 Å². The summed E-state index contributed by atoms with van der Waals surface area (Å²) < 4.78 is 26.5. The fraction of sp³-hybridized carbons (Fsp3) is 0.528. The molecule has 100 heavy (non-hydrogen) atoms. The number of halogens is 2. The van der Waals surface area contributed by atoms with Gasteiger partial charge in [-0.3, -0.25) is 9.18 Å². The van der Waals surface area contributed by atoms with Crippen molar-refractivity contribution in [3.8, 4) is 6.07 Å². The quantitative estimate of drug-likeness (QED) is 0.0848. The third kappa shape index (κ3) is 30.6. The number of carbonyl (C=O) groups is 1. The van der Waals surface area contributed by atoms with E-state index in [9.17, 15) is 24.7 Å². The van der Waals surface area contributed by atoms with Crippen molar-refractivity contribution in [2.45, 2.75) is 233 Å². The molecule has 4 N–H and O–H groups in total. The molecule has 0 bridgehead atoms. The second-order valence-corrected chi connectivity index (χ2v) is 32.1. The third-order valence-corrected chi connectivity index (χ3v) is 20.7. The van der Waals surface area contributed by atoms with E-state index in [2.05, 4.69) is 190 Å². The van der Waals surface area contributed by atoms with Crippen LogP contribution < -0.4 is 24.6 Å². The van der Waals surface area contributed by atoms with Crippen molar-refractivity contribution in [3.63, 3.8) is 0 Å². The predicted molar refractivity (Wildman–Crippen MR) is 433 cm³/mol. The predicted octanol–water partition coefficient (Wildman–Crippen LogP) is 20.8. The van der Waals surface area contributed by atoms with Crippen LogP contribution in [0.3, 0.4) is 0 Å². The first-order valence-electron chi connectivity index (χ1n) is 36.5. The number of nitrogens with zero attached hydrogens (tertiary/aromatic N) is 1. The average molecular weight is 1440 g/mol. The van der Waals surface area contributed by atoms with Gasteiger partial charge < -0.3 is 26.8 Å². The molecule has 7 nitrogen and oxygen atoms in total. The molecule has 0 aromatic heterocycles. The van der Waals surface area contributed by atoms with Gasteiger partial charge in [-0.25, -0.2) is 0 Å². The standard InChI is InChI=1S/C22H33NO.C22H29NO.C18H22O.C17H21Br.2C4H8O.CH3F.CH4.Al.Li.4H/c2*1-16-8-7-13-21(2,3)19(16)12-11-17-9-6-10-18(14-17)20(24)22(4,5)15-23;1-14-6-5-11-18(2,3)17(14)10-9-15-7-4-8-16(12-15)13-19;1-13-6-5-11-17(2,3)16(13)10-9-14-7-4-8-15(18)12-14;2*1-2-4-5-3-1;1-2;;;;;;;/h6,9-12,14,20,24H,7-8,13,15,23H2,1-5H3;6,9-12,14,20,24H,7-8,13H2,1-5H3;4,7-10,12-13H,5-6,11H2,1-3H3;4,7-10,12H,5-6,11H2,1-3H3;2*1-4H2;1H3;1H4;;;;;;/q;;;;;;;;;+1;;;;-1/b2*12-11+;2*10-9+;;;;;;;;;;/i;;;;;;1D;;;;;;;. The molecule has 546 valence electrons. The van der Waals surface area contributed by atoms with Gasteiger partial charge in [-0.15, -0.1) is 0 Å². The van der Waals surface area contributed by atoms with E-state index in [0.717, 1.165) is 70.6 Å². The monoisotopic (exact) mass is 1440 g/mol. The van der Waals surface area contributed by atoms with Gasteiger partial charge >= 0.3 is 18.9 Å². The van der Waals surface area contributed by atoms with E-state index in [1.165, 1.54) is 147 Å². The molecule has 11 heteroatoms. The number of ether oxygens (including phenoxy) is 2. The molecule has 0 spiro atoms. The van der Waals surface area contributed by atoms with Gasteiger partial charge in [-0.1, -0.05) is 230 Å². The smallest absolute Gasteiger partial charge is 1.00 e. The summed E-state index contributed by atoms with van der Waals surface area (Å²) in [5.41, 5.74) is 24.6. The Morgan fingerprint density at radius 1 is 0.540 bits per heavy atom. The van der Waals surface area contributed by atoms with E-state index in [1.54, 1.807) is 19.4 Å². The van der Waals surface area contributed by atoms with E-state index in [0.29, 0.717) is 12.0 Å². The van der Waals surface area contributed by atoms with Crippen molar-refractivity contribution < 1.29 is 50.5 Å². The van der Waals surface area contributed by atoms with Crippen LogP contribution >= 0.6 is 15.9 Å². The minimum atomic E-state index is -1.00. The SMILES string of the molecule is C.C1CCOC1.C1CCOC1.CC1=C(/C=C/c2cccc(Br)c2)C(C)(C)CCC1.CC1=C(/C=C/c2cccc(C(O)C(C)(C)C#N)c2)C(C)(C)CCC1.CC1=C(/C=C/c2cccc(C(O)C(C)(C)CN)c2)C(C)(C)CCC1.CC1=C(/C=C/c2cccc(C=O)c2)C(C)(C)CCC1.[2H]CF.[AlH3].[H-].[Li+]. The fourth-order valence-electron chi connectivity index (χ4n) is 13.8. The first kappa shape index (κ1) is 91.4. The second-order valence-electron chi connectivity index (χ2n) is 31.2. The third-order valence-electron chi connectivity index (χ3n) is 20.2. The van der Waals surface area contributed by atoms with Gasteiger partial charge in [0.15, 0.2) is 17.4 Å². The van der Waals surface area contributed by atoms with Crippen molar-refractivity contribution in [3.05, 3.63) is 209 Å². The Balaban J connectivity index is 0.00000124. The number of rotatable bonds is 14. The van der Waals surface area contributed by atoms with Crippen LogP contribution in [0.2, 0.25) is 0 Å². The Kier molecular flexibility index (Phi) is 41.6. The van der Waals surface area contributed by atoms with Crippen LogP contribution in [0, 0.1) is 43.8 Å². The first-order valence-corrected chi connectivity index (χ1v) is 36.6. The number of aliphatic hydroxyl groups excluding tert-OH is 2. The Hall–Kier alpha value is -4.70. The van der Waals surface area contributed by atoms with Crippen LogP contribution in [0.4, 0.5) is 4.39 Å². The molecule has 0 amide bonds. The second kappa shape index (κ2) is 45.5. The molecule has 2 saturated heterocycles. The zero-order valence-corrected chi connectivity index (χ0v) is 65.1. The number of hydrogen-bond acceptors (Lipinski definition) is 7. The molecule has 0 radical (unpaired) electrons. The number of carbonyl (C=O) groups excluding carboxylic acids is 1. The van der Waals surface area contributed by atoms with Crippen LogP contribution in [-0.4, -0.2) is 74.0 Å². The zero-order valence-electron chi connectivity index (χ0n) is 65.5. The Bertz CT molecular complexity index is 3440. The van der Waals surface area contributed by atoms with E-state index < -0.39 is 24.8 Å². The molecule has 10 rings (SSSR count). The Morgan fingerprint density at radius 2 is 0.830 bits per heavy atom. The largest absolute Gasteiger partial charge is 1.00 e. The summed E-state index contributed by atoms with van der Waals surface area (Å²) >= 11 is 3.52. The number of alkyl halides is 1. The number of hydrogen-bond donors (Lipinski definition) is 3. The zero-order chi connectivity index (χ0) is 72.7. The van der Waals surface area contributed by atoms with Crippen molar-refractivity contribution in [2.24, 2.45) is 38.2 Å². The summed E-state index contributed by atoms with van der Waals surface area (Å²) in [5, 5.41) is 30.3. The maximum atomic E-state index is 10.8. The Morgan fingerprint density at radius 3 is 1.11 bits per heavy atom. The molecule has 2 unspecified atom stereocenters. The minimum absolute atomic E-state index is 0. The van der Waals surface area contributed by atoms with Crippen molar-refractivity contribution in [2.75, 3.05) is 40.1 Å². The van der Waals surface area contributed by atoms with E-state index in [4.69, 9.17) is 16.6 Å². The first-order chi connectivity index (χ1) is 46.3. The molecule has 4 aliphatic carbocycles. The Labute approximate surface area is 642 Å². The molecule has 2 fully saturated rings. The topological polar surface area (TPSA) is 126 Å².